The number of amides is 2. The summed E-state index contributed by atoms with van der Waals surface area (Å²) in [6, 6.07) is 11.2. The maximum atomic E-state index is 14.2. The predicted molar refractivity (Wildman–Crippen MR) is 146 cm³/mol. The highest BCUT2D eigenvalue weighted by Crippen LogP contribution is 2.35. The van der Waals surface area contributed by atoms with Crippen molar-refractivity contribution in [1.82, 2.24) is 19.4 Å². The van der Waals surface area contributed by atoms with Gasteiger partial charge in [0.1, 0.15) is 23.9 Å². The van der Waals surface area contributed by atoms with Gasteiger partial charge in [-0.25, -0.2) is 18.7 Å². The minimum absolute atomic E-state index is 0.0445. The maximum Gasteiger partial charge on any atom is 0.242 e. The van der Waals surface area contributed by atoms with E-state index in [0.717, 1.165) is 23.4 Å². The molecule has 1 atom stereocenters. The zero-order chi connectivity index (χ0) is 27.8. The first kappa shape index (κ1) is 26.1. The van der Waals surface area contributed by atoms with Crippen LogP contribution in [-0.4, -0.2) is 50.1 Å². The van der Waals surface area contributed by atoms with Gasteiger partial charge in [-0.3, -0.25) is 14.9 Å². The Kier molecular flexibility index (Phi) is 7.01. The van der Waals surface area contributed by atoms with Gasteiger partial charge in [-0.1, -0.05) is 23.4 Å². The van der Waals surface area contributed by atoms with E-state index in [1.54, 1.807) is 4.57 Å². The molecule has 206 valence electrons. The Morgan fingerprint density at radius 3 is 2.58 bits per heavy atom. The number of oxime groups is 1. The summed E-state index contributed by atoms with van der Waals surface area (Å²) in [5.41, 5.74) is 2.57. The summed E-state index contributed by atoms with van der Waals surface area (Å²) in [5.74, 6) is -1.07. The molecule has 40 heavy (non-hydrogen) atoms. The van der Waals surface area contributed by atoms with E-state index in [1.807, 2.05) is 34.5 Å². The number of nitrogens with zero attached hydrogens (tertiary/aromatic N) is 5. The van der Waals surface area contributed by atoms with Gasteiger partial charge in [0.25, 0.3) is 0 Å². The molecule has 2 aliphatic heterocycles. The van der Waals surface area contributed by atoms with Crippen molar-refractivity contribution >= 4 is 45.8 Å². The van der Waals surface area contributed by atoms with E-state index in [4.69, 9.17) is 9.82 Å². The van der Waals surface area contributed by atoms with Crippen LogP contribution in [-0.2, 0) is 21.0 Å². The molecular formula is C28H26F2N6O3S. The predicted octanol–water partition coefficient (Wildman–Crippen LogP) is 5.00. The SMILES string of the molecule is CC(=O)Nc1nc2ccccc2n1CC(=O)N1CCC(c2nc(C3=NOC(c4c(F)cccc4F)C3)cs2)CC1. The van der Waals surface area contributed by atoms with Crippen LogP contribution in [0.3, 0.4) is 0 Å². The monoisotopic (exact) mass is 564 g/mol. The second-order valence-corrected chi connectivity index (χ2v) is 10.8. The van der Waals surface area contributed by atoms with Gasteiger partial charge in [0.2, 0.25) is 17.8 Å². The topological polar surface area (TPSA) is 102 Å². The van der Waals surface area contributed by atoms with Crippen molar-refractivity contribution in [1.29, 1.82) is 0 Å². The van der Waals surface area contributed by atoms with Crippen LogP contribution in [0.15, 0.2) is 53.0 Å². The summed E-state index contributed by atoms with van der Waals surface area (Å²) in [7, 11) is 0. The number of nitrogens with one attached hydrogen (secondary N) is 1. The lowest BCUT2D eigenvalue weighted by Crippen LogP contribution is -2.39. The average molecular weight is 565 g/mol. The molecule has 2 aromatic heterocycles. The fraction of sp³-hybridized carbons (Fsp3) is 0.321. The molecule has 12 heteroatoms. The molecule has 0 spiro atoms. The number of anilines is 1. The first-order valence-corrected chi connectivity index (χ1v) is 13.9. The standard InChI is InChI=1S/C28H26F2N6O3S/c1-16(37)31-28-33-20-7-2-3-8-23(20)36(28)14-25(38)35-11-9-17(10-12-35)27-32-22(15-40-27)21-13-24(39-34-21)26-18(29)5-4-6-19(26)30/h2-8,15,17,24H,9-14H2,1H3,(H,31,33,37). The molecule has 1 saturated heterocycles. The number of hydrogen-bond donors (Lipinski definition) is 1. The zero-order valence-corrected chi connectivity index (χ0v) is 22.5. The molecule has 1 unspecified atom stereocenters. The van der Waals surface area contributed by atoms with E-state index < -0.39 is 17.7 Å². The Balaban J connectivity index is 1.08. The van der Waals surface area contributed by atoms with Gasteiger partial charge in [0.05, 0.1) is 27.3 Å². The van der Waals surface area contributed by atoms with Crippen molar-refractivity contribution in [3.05, 3.63) is 75.7 Å². The van der Waals surface area contributed by atoms with E-state index in [1.165, 1.54) is 36.5 Å². The Morgan fingerprint density at radius 1 is 1.07 bits per heavy atom. The molecule has 9 nitrogen and oxygen atoms in total. The summed E-state index contributed by atoms with van der Waals surface area (Å²) < 4.78 is 30.1. The summed E-state index contributed by atoms with van der Waals surface area (Å²) in [5, 5.41) is 9.62. The fourth-order valence-electron chi connectivity index (χ4n) is 5.21. The molecule has 2 aliphatic rings. The second-order valence-electron chi connectivity index (χ2n) is 9.89. The first-order chi connectivity index (χ1) is 19.4. The number of hydrogen-bond acceptors (Lipinski definition) is 7. The molecule has 4 aromatic rings. The smallest absolute Gasteiger partial charge is 0.242 e. The number of rotatable bonds is 6. The van der Waals surface area contributed by atoms with E-state index >= 15 is 0 Å². The van der Waals surface area contributed by atoms with Crippen molar-refractivity contribution in [2.45, 2.75) is 44.8 Å². The van der Waals surface area contributed by atoms with Crippen LogP contribution in [0.2, 0.25) is 0 Å². The second kappa shape index (κ2) is 10.8. The lowest BCUT2D eigenvalue weighted by Gasteiger charge is -2.31. The number of carbonyl (C=O) groups excluding carboxylic acids is 2. The van der Waals surface area contributed by atoms with Crippen LogP contribution in [0.4, 0.5) is 14.7 Å². The van der Waals surface area contributed by atoms with Crippen molar-refractivity contribution in [2.75, 3.05) is 18.4 Å². The molecule has 1 fully saturated rings. The van der Waals surface area contributed by atoms with Gasteiger partial charge < -0.3 is 14.3 Å². The molecular weight excluding hydrogens is 538 g/mol. The molecule has 0 bridgehead atoms. The minimum atomic E-state index is -0.825. The number of aromatic nitrogens is 3. The highest BCUT2D eigenvalue weighted by molar-refractivity contribution is 7.10. The van der Waals surface area contributed by atoms with Gasteiger partial charge in [0, 0.05) is 37.7 Å². The number of fused-ring (bicyclic) bond motifs is 1. The molecule has 2 amide bonds. The Labute approximate surface area is 232 Å². The first-order valence-electron chi connectivity index (χ1n) is 13.0. The van der Waals surface area contributed by atoms with Crippen molar-refractivity contribution in [3.8, 4) is 0 Å². The fourth-order valence-corrected chi connectivity index (χ4v) is 6.21. The Bertz CT molecular complexity index is 1610. The van der Waals surface area contributed by atoms with E-state index in [0.29, 0.717) is 36.0 Å². The van der Waals surface area contributed by atoms with Crippen LogP contribution < -0.4 is 5.32 Å². The van der Waals surface area contributed by atoms with Crippen molar-refractivity contribution in [2.24, 2.45) is 5.16 Å². The van der Waals surface area contributed by atoms with Gasteiger partial charge in [-0.15, -0.1) is 11.3 Å². The molecule has 4 heterocycles. The number of imidazole rings is 1. The quantitative estimate of drug-likeness (QED) is 0.355. The number of para-hydroxylation sites is 2. The Hall–Kier alpha value is -4.19. The minimum Gasteiger partial charge on any atom is -0.387 e. The summed E-state index contributed by atoms with van der Waals surface area (Å²) in [4.78, 5) is 41.3. The van der Waals surface area contributed by atoms with Gasteiger partial charge >= 0.3 is 0 Å². The maximum absolute atomic E-state index is 14.2. The number of benzene rings is 2. The molecule has 2 aromatic carbocycles. The number of likely N-dealkylation sites (tertiary alicyclic amines) is 1. The van der Waals surface area contributed by atoms with Gasteiger partial charge in [-0.2, -0.15) is 0 Å². The average Bonchev–Trinajstić information content (AvgIpc) is 3.68. The normalized spacial score (nSPS) is 17.6. The van der Waals surface area contributed by atoms with Gasteiger partial charge in [-0.05, 0) is 37.1 Å². The third-order valence-electron chi connectivity index (χ3n) is 7.24. The highest BCUT2D eigenvalue weighted by atomic mass is 32.1. The summed E-state index contributed by atoms with van der Waals surface area (Å²) >= 11 is 1.52. The highest BCUT2D eigenvalue weighted by Gasteiger charge is 2.31. The number of carbonyl (C=O) groups is 2. The summed E-state index contributed by atoms with van der Waals surface area (Å²) in [6.07, 6.45) is 0.925. The lowest BCUT2D eigenvalue weighted by molar-refractivity contribution is -0.132. The van der Waals surface area contributed by atoms with Gasteiger partial charge in [0.15, 0.2) is 6.10 Å². The molecule has 0 aliphatic carbocycles. The Morgan fingerprint density at radius 2 is 1.82 bits per heavy atom. The molecule has 0 radical (unpaired) electrons. The van der Waals surface area contributed by atoms with E-state index in [-0.39, 0.29) is 36.3 Å². The lowest BCUT2D eigenvalue weighted by atomic mass is 9.97. The van der Waals surface area contributed by atoms with Crippen LogP contribution in [0.1, 0.15) is 54.5 Å². The molecule has 1 N–H and O–H groups in total. The van der Waals surface area contributed by atoms with E-state index in [9.17, 15) is 18.4 Å². The molecule has 0 saturated carbocycles. The third-order valence-corrected chi connectivity index (χ3v) is 8.25. The largest absolute Gasteiger partial charge is 0.387 e. The molecule has 6 rings (SSSR count). The van der Waals surface area contributed by atoms with Crippen LogP contribution in [0.5, 0.6) is 0 Å². The van der Waals surface area contributed by atoms with Crippen LogP contribution >= 0.6 is 11.3 Å². The summed E-state index contributed by atoms with van der Waals surface area (Å²) in [6.45, 7) is 2.65. The number of halogens is 2. The van der Waals surface area contributed by atoms with E-state index in [2.05, 4.69) is 15.5 Å². The number of thiazole rings is 1. The zero-order valence-electron chi connectivity index (χ0n) is 21.6. The third kappa shape index (κ3) is 5.06. The van der Waals surface area contributed by atoms with Crippen LogP contribution in [0, 0.1) is 11.6 Å². The van der Waals surface area contributed by atoms with Crippen molar-refractivity contribution < 1.29 is 23.2 Å². The van der Waals surface area contributed by atoms with Crippen molar-refractivity contribution in [3.63, 3.8) is 0 Å². The number of piperidine rings is 1. The van der Waals surface area contributed by atoms with Crippen LogP contribution in [0.25, 0.3) is 11.0 Å².